The molecule has 1 aromatic rings. The number of carbonyl (C=O) groups is 2. The van der Waals surface area contributed by atoms with E-state index in [2.05, 4.69) is 21.3 Å². The van der Waals surface area contributed by atoms with Gasteiger partial charge in [0, 0.05) is 31.4 Å². The second-order valence-corrected chi connectivity index (χ2v) is 6.28. The number of nitrogens with one attached hydrogen (secondary N) is 1. The van der Waals surface area contributed by atoms with Crippen LogP contribution in [-0.4, -0.2) is 46.5 Å². The topological polar surface area (TPSA) is 82.5 Å². The van der Waals surface area contributed by atoms with Crippen molar-refractivity contribution in [3.8, 4) is 0 Å². The van der Waals surface area contributed by atoms with Crippen LogP contribution in [0.25, 0.3) is 0 Å². The highest BCUT2D eigenvalue weighted by Gasteiger charge is 2.25. The van der Waals surface area contributed by atoms with Crippen LogP contribution in [0.5, 0.6) is 0 Å². The maximum absolute atomic E-state index is 11.6. The van der Waals surface area contributed by atoms with E-state index in [4.69, 9.17) is 5.11 Å². The fraction of sp³-hybridized carbons (Fsp3) is 0.611. The quantitative estimate of drug-likeness (QED) is 0.642. The van der Waals surface area contributed by atoms with Crippen LogP contribution in [0.1, 0.15) is 56.6 Å². The lowest BCUT2D eigenvalue weighted by molar-refractivity contribution is -0.136. The summed E-state index contributed by atoms with van der Waals surface area (Å²) in [4.78, 5) is 28.7. The van der Waals surface area contributed by atoms with Gasteiger partial charge in [0.1, 0.15) is 0 Å². The normalized spacial score (nSPS) is 17.8. The molecule has 1 saturated heterocycles. The molecule has 2 rings (SSSR count). The monoisotopic (exact) mass is 333 g/mol. The van der Waals surface area contributed by atoms with Crippen molar-refractivity contribution >= 4 is 11.9 Å². The van der Waals surface area contributed by atoms with E-state index < -0.39 is 5.97 Å². The first-order valence-corrected chi connectivity index (χ1v) is 8.79. The van der Waals surface area contributed by atoms with Crippen molar-refractivity contribution in [2.24, 2.45) is 0 Å². The second kappa shape index (κ2) is 10.0. The van der Waals surface area contributed by atoms with Crippen molar-refractivity contribution in [1.29, 1.82) is 0 Å². The Morgan fingerprint density at radius 3 is 2.92 bits per heavy atom. The summed E-state index contributed by atoms with van der Waals surface area (Å²) in [7, 11) is 0. The molecule has 1 aliphatic heterocycles. The van der Waals surface area contributed by atoms with Gasteiger partial charge in [0.2, 0.25) is 5.91 Å². The van der Waals surface area contributed by atoms with Gasteiger partial charge in [0.05, 0.1) is 6.42 Å². The molecule has 0 aromatic carbocycles. The first kappa shape index (κ1) is 18.4. The van der Waals surface area contributed by atoms with Crippen molar-refractivity contribution in [3.05, 3.63) is 30.1 Å². The van der Waals surface area contributed by atoms with Crippen LogP contribution in [0.15, 0.2) is 24.5 Å². The van der Waals surface area contributed by atoms with Gasteiger partial charge in [-0.05, 0) is 50.4 Å². The molecular weight excluding hydrogens is 306 g/mol. The van der Waals surface area contributed by atoms with Gasteiger partial charge >= 0.3 is 5.97 Å². The fourth-order valence-electron chi connectivity index (χ4n) is 3.22. The lowest BCUT2D eigenvalue weighted by atomic mass is 10.1. The summed E-state index contributed by atoms with van der Waals surface area (Å²) >= 11 is 0. The number of nitrogens with zero attached hydrogens (tertiary/aromatic N) is 2. The summed E-state index contributed by atoms with van der Waals surface area (Å²) in [5, 5.41) is 11.2. The van der Waals surface area contributed by atoms with E-state index in [0.29, 0.717) is 12.5 Å². The van der Waals surface area contributed by atoms with Crippen LogP contribution in [0.3, 0.4) is 0 Å². The van der Waals surface area contributed by atoms with Crippen molar-refractivity contribution in [2.45, 2.75) is 51.0 Å². The molecule has 1 amide bonds. The molecule has 6 heteroatoms. The van der Waals surface area contributed by atoms with Crippen LogP contribution in [-0.2, 0) is 9.59 Å². The minimum Gasteiger partial charge on any atom is -0.481 e. The number of carbonyl (C=O) groups excluding carboxylic acids is 1. The van der Waals surface area contributed by atoms with Gasteiger partial charge in [-0.15, -0.1) is 0 Å². The van der Waals surface area contributed by atoms with Crippen molar-refractivity contribution in [1.82, 2.24) is 15.2 Å². The highest BCUT2D eigenvalue weighted by atomic mass is 16.4. The first-order chi connectivity index (χ1) is 11.7. The number of carboxylic acid groups (broad SMARTS) is 1. The number of amides is 1. The SMILES string of the molecule is O=C(O)CCNC(=O)CCCCCN1CCCC1c1cccnc1. The summed E-state index contributed by atoms with van der Waals surface area (Å²) in [5.74, 6) is -0.935. The molecule has 0 radical (unpaired) electrons. The minimum atomic E-state index is -0.885. The van der Waals surface area contributed by atoms with E-state index in [0.717, 1.165) is 32.4 Å². The molecule has 1 atom stereocenters. The molecule has 0 bridgehead atoms. The average molecular weight is 333 g/mol. The number of aliphatic carboxylic acids is 1. The zero-order valence-electron chi connectivity index (χ0n) is 14.1. The number of hydrogen-bond donors (Lipinski definition) is 2. The summed E-state index contributed by atoms with van der Waals surface area (Å²) in [6.45, 7) is 2.41. The van der Waals surface area contributed by atoms with Crippen molar-refractivity contribution < 1.29 is 14.7 Å². The molecule has 1 aliphatic rings. The van der Waals surface area contributed by atoms with Gasteiger partial charge < -0.3 is 10.4 Å². The maximum Gasteiger partial charge on any atom is 0.305 e. The average Bonchev–Trinajstić information content (AvgIpc) is 3.03. The number of pyridine rings is 1. The molecule has 0 spiro atoms. The Labute approximate surface area is 143 Å². The molecule has 132 valence electrons. The lowest BCUT2D eigenvalue weighted by Gasteiger charge is -2.24. The standard InChI is InChI=1S/C18H27N3O3/c22-17(20-11-9-18(23)24)8-2-1-3-12-21-13-5-7-16(21)15-6-4-10-19-14-15/h4,6,10,14,16H,1-3,5,7-9,11-13H2,(H,20,22)(H,23,24). The Kier molecular flexibility index (Phi) is 7.68. The Morgan fingerprint density at radius 1 is 1.29 bits per heavy atom. The third-order valence-corrected chi connectivity index (χ3v) is 4.44. The van der Waals surface area contributed by atoms with Crippen molar-refractivity contribution in [3.63, 3.8) is 0 Å². The smallest absolute Gasteiger partial charge is 0.305 e. The molecule has 2 N–H and O–H groups in total. The van der Waals surface area contributed by atoms with E-state index in [1.165, 1.54) is 18.4 Å². The van der Waals surface area contributed by atoms with E-state index in [9.17, 15) is 9.59 Å². The Bertz CT molecular complexity index is 522. The van der Waals surface area contributed by atoms with Gasteiger partial charge in [-0.3, -0.25) is 19.5 Å². The van der Waals surface area contributed by atoms with Crippen molar-refractivity contribution in [2.75, 3.05) is 19.6 Å². The molecule has 0 saturated carbocycles. The van der Waals surface area contributed by atoms with E-state index in [-0.39, 0.29) is 18.9 Å². The number of rotatable bonds is 10. The van der Waals surface area contributed by atoms with Gasteiger partial charge in [0.25, 0.3) is 0 Å². The molecular formula is C18H27N3O3. The van der Waals surface area contributed by atoms with Crippen LogP contribution in [0.2, 0.25) is 0 Å². The third kappa shape index (κ3) is 6.28. The molecule has 1 fully saturated rings. The van der Waals surface area contributed by atoms with Gasteiger partial charge in [0.15, 0.2) is 0 Å². The fourth-order valence-corrected chi connectivity index (χ4v) is 3.22. The molecule has 2 heterocycles. The number of aromatic nitrogens is 1. The number of unbranched alkanes of at least 4 members (excludes halogenated alkanes) is 2. The third-order valence-electron chi connectivity index (χ3n) is 4.44. The zero-order valence-corrected chi connectivity index (χ0v) is 14.1. The number of hydrogen-bond acceptors (Lipinski definition) is 4. The largest absolute Gasteiger partial charge is 0.481 e. The first-order valence-electron chi connectivity index (χ1n) is 8.79. The van der Waals surface area contributed by atoms with E-state index in [1.807, 2.05) is 18.5 Å². The number of carboxylic acids is 1. The van der Waals surface area contributed by atoms with Gasteiger partial charge in [-0.1, -0.05) is 12.5 Å². The second-order valence-electron chi connectivity index (χ2n) is 6.28. The predicted octanol–water partition coefficient (Wildman–Crippen LogP) is 2.37. The molecule has 6 nitrogen and oxygen atoms in total. The van der Waals surface area contributed by atoms with E-state index >= 15 is 0 Å². The Hall–Kier alpha value is -1.95. The molecule has 0 aliphatic carbocycles. The van der Waals surface area contributed by atoms with Crippen LogP contribution < -0.4 is 5.32 Å². The predicted molar refractivity (Wildman–Crippen MR) is 91.5 cm³/mol. The van der Waals surface area contributed by atoms with Crippen LogP contribution in [0, 0.1) is 0 Å². The van der Waals surface area contributed by atoms with Gasteiger partial charge in [-0.25, -0.2) is 0 Å². The van der Waals surface area contributed by atoms with Crippen LogP contribution >= 0.6 is 0 Å². The Morgan fingerprint density at radius 2 is 2.17 bits per heavy atom. The van der Waals surface area contributed by atoms with Crippen LogP contribution in [0.4, 0.5) is 0 Å². The summed E-state index contributed by atoms with van der Waals surface area (Å²) < 4.78 is 0. The number of likely N-dealkylation sites (tertiary alicyclic amines) is 1. The molecule has 1 unspecified atom stereocenters. The summed E-state index contributed by atoms with van der Waals surface area (Å²) in [5.41, 5.74) is 1.30. The lowest BCUT2D eigenvalue weighted by Crippen LogP contribution is -2.26. The molecule has 24 heavy (non-hydrogen) atoms. The molecule has 1 aromatic heterocycles. The van der Waals surface area contributed by atoms with E-state index in [1.54, 1.807) is 0 Å². The summed E-state index contributed by atoms with van der Waals surface area (Å²) in [6, 6.07) is 4.63. The highest BCUT2D eigenvalue weighted by molar-refractivity contribution is 5.76. The summed E-state index contributed by atoms with van der Waals surface area (Å²) in [6.07, 6.45) is 9.60. The zero-order chi connectivity index (χ0) is 17.2. The highest BCUT2D eigenvalue weighted by Crippen LogP contribution is 2.31. The maximum atomic E-state index is 11.6. The minimum absolute atomic E-state index is 0.0174. The Balaban J connectivity index is 1.58. The van der Waals surface area contributed by atoms with Gasteiger partial charge in [-0.2, -0.15) is 0 Å².